The first-order valence-corrected chi connectivity index (χ1v) is 12.6. The Kier molecular flexibility index (Phi) is 8.57. The molecule has 202 valence electrons. The number of aromatic amines is 1. The lowest BCUT2D eigenvalue weighted by Crippen LogP contribution is -2.47. The van der Waals surface area contributed by atoms with Gasteiger partial charge in [-0.3, -0.25) is 19.2 Å². The smallest absolute Gasteiger partial charge is 0.271 e. The Morgan fingerprint density at radius 2 is 1.89 bits per heavy atom. The highest BCUT2D eigenvalue weighted by molar-refractivity contribution is 6.03. The van der Waals surface area contributed by atoms with Gasteiger partial charge in [0.2, 0.25) is 5.91 Å². The molecule has 1 aliphatic rings. The second-order valence-corrected chi connectivity index (χ2v) is 9.11. The first kappa shape index (κ1) is 27.1. The van der Waals surface area contributed by atoms with Crippen LogP contribution < -0.4 is 15.6 Å². The molecule has 0 radical (unpaired) electrons. The second-order valence-electron chi connectivity index (χ2n) is 9.11. The summed E-state index contributed by atoms with van der Waals surface area (Å²) < 4.78 is 20.0. The van der Waals surface area contributed by atoms with Gasteiger partial charge in [-0.15, -0.1) is 0 Å². The molecular formula is C27H31FN4O6. The van der Waals surface area contributed by atoms with E-state index in [0.29, 0.717) is 49.1 Å². The lowest BCUT2D eigenvalue weighted by molar-refractivity contribution is -0.135. The first-order valence-electron chi connectivity index (χ1n) is 12.6. The number of Topliss-reactive ketones (excluding diaryl/α,β-unsaturated/α-hetero) is 1. The van der Waals surface area contributed by atoms with E-state index in [1.165, 1.54) is 9.47 Å². The van der Waals surface area contributed by atoms with Gasteiger partial charge >= 0.3 is 0 Å². The molecule has 1 aromatic carbocycles. The van der Waals surface area contributed by atoms with E-state index in [9.17, 15) is 23.6 Å². The quantitative estimate of drug-likeness (QED) is 0.345. The number of alkyl halides is 1. The van der Waals surface area contributed by atoms with E-state index in [1.54, 1.807) is 36.4 Å². The number of rotatable bonds is 10. The fourth-order valence-corrected chi connectivity index (χ4v) is 4.73. The molecule has 2 aromatic heterocycles. The number of ether oxygens (including phenoxy) is 1. The van der Waals surface area contributed by atoms with Crippen molar-refractivity contribution in [2.24, 2.45) is 0 Å². The summed E-state index contributed by atoms with van der Waals surface area (Å²) >= 11 is 0. The SMILES string of the molecule is CCc1cc2[nH]c(C(=O)NC3CCN(C(=O)CO)CC3)c(OCCF)c2c(=O)n1CC(=O)c1ccccc1. The molecule has 1 fully saturated rings. The number of nitrogens with zero attached hydrogens (tertiary/aromatic N) is 2. The Bertz CT molecular complexity index is 1380. The maximum Gasteiger partial charge on any atom is 0.271 e. The Morgan fingerprint density at radius 1 is 1.18 bits per heavy atom. The number of aliphatic hydroxyl groups excluding tert-OH is 1. The second kappa shape index (κ2) is 12.0. The summed E-state index contributed by atoms with van der Waals surface area (Å²) in [6.45, 7) is 0.711. The predicted molar refractivity (Wildman–Crippen MR) is 138 cm³/mol. The normalized spacial score (nSPS) is 14.0. The summed E-state index contributed by atoms with van der Waals surface area (Å²) in [6.07, 6.45) is 1.44. The van der Waals surface area contributed by atoms with E-state index in [2.05, 4.69) is 10.3 Å². The first-order chi connectivity index (χ1) is 18.4. The maximum atomic E-state index is 13.6. The third-order valence-corrected chi connectivity index (χ3v) is 6.73. The molecule has 1 saturated heterocycles. The van der Waals surface area contributed by atoms with Gasteiger partial charge in [0.05, 0.1) is 12.1 Å². The zero-order valence-electron chi connectivity index (χ0n) is 21.2. The van der Waals surface area contributed by atoms with Crippen molar-refractivity contribution < 1.29 is 28.6 Å². The maximum absolute atomic E-state index is 13.6. The average molecular weight is 527 g/mol. The number of hydrogen-bond donors (Lipinski definition) is 3. The topological polar surface area (TPSA) is 134 Å². The summed E-state index contributed by atoms with van der Waals surface area (Å²) in [6, 6.07) is 10.1. The van der Waals surface area contributed by atoms with Crippen LogP contribution >= 0.6 is 0 Å². The summed E-state index contributed by atoms with van der Waals surface area (Å²) in [5.74, 6) is -1.18. The molecule has 11 heteroatoms. The molecule has 1 aliphatic heterocycles. The van der Waals surface area contributed by atoms with E-state index >= 15 is 0 Å². The largest absolute Gasteiger partial charge is 0.488 e. The predicted octanol–water partition coefficient (Wildman–Crippen LogP) is 1.84. The minimum absolute atomic E-state index is 0.00592. The number of pyridine rings is 1. The number of aryl methyl sites for hydroxylation is 1. The fraction of sp³-hybridized carbons (Fsp3) is 0.407. The van der Waals surface area contributed by atoms with Gasteiger partial charge in [-0.25, -0.2) is 4.39 Å². The Balaban J connectivity index is 1.66. The molecular weight excluding hydrogens is 495 g/mol. The van der Waals surface area contributed by atoms with Gasteiger partial charge in [-0.1, -0.05) is 37.3 Å². The summed E-state index contributed by atoms with van der Waals surface area (Å²) in [4.78, 5) is 56.0. The highest BCUT2D eigenvalue weighted by Gasteiger charge is 2.28. The lowest BCUT2D eigenvalue weighted by Gasteiger charge is -2.32. The number of benzene rings is 1. The van der Waals surface area contributed by atoms with Crippen LogP contribution in [0, 0.1) is 0 Å². The van der Waals surface area contributed by atoms with Crippen molar-refractivity contribution in [2.45, 2.75) is 38.8 Å². The molecule has 4 rings (SSSR count). The molecule has 10 nitrogen and oxygen atoms in total. The standard InChI is InChI=1S/C27H31FN4O6/c1-2-19-14-20-23(27(37)32(19)15-21(34)17-6-4-3-5-7-17)25(38-13-10-28)24(30-20)26(36)29-18-8-11-31(12-9-18)22(35)16-33/h3-7,14,18,30,33H,2,8-13,15-16H2,1H3,(H,29,36). The number of piperidine rings is 1. The third kappa shape index (κ3) is 5.62. The van der Waals surface area contributed by atoms with Gasteiger partial charge in [0.15, 0.2) is 11.5 Å². The van der Waals surface area contributed by atoms with Crippen molar-refractivity contribution in [3.05, 3.63) is 63.7 Å². The number of nitrogens with one attached hydrogen (secondary N) is 2. The van der Waals surface area contributed by atoms with Crippen LogP contribution in [0.5, 0.6) is 5.75 Å². The van der Waals surface area contributed by atoms with Crippen LogP contribution in [-0.4, -0.2) is 76.2 Å². The van der Waals surface area contributed by atoms with E-state index in [0.717, 1.165) is 0 Å². The van der Waals surface area contributed by atoms with Gasteiger partial charge in [-0.05, 0) is 25.3 Å². The highest BCUT2D eigenvalue weighted by Crippen LogP contribution is 2.29. The van der Waals surface area contributed by atoms with Crippen LogP contribution in [0.1, 0.15) is 46.3 Å². The van der Waals surface area contributed by atoms with E-state index in [4.69, 9.17) is 9.84 Å². The number of carbonyl (C=O) groups is 3. The van der Waals surface area contributed by atoms with Gasteiger partial charge in [0.25, 0.3) is 11.5 Å². The molecule has 38 heavy (non-hydrogen) atoms. The van der Waals surface area contributed by atoms with Crippen LogP contribution in [0.4, 0.5) is 4.39 Å². The van der Waals surface area contributed by atoms with Crippen LogP contribution in [0.15, 0.2) is 41.2 Å². The summed E-state index contributed by atoms with van der Waals surface area (Å²) in [5.41, 5.74) is 0.907. The van der Waals surface area contributed by atoms with Crippen molar-refractivity contribution in [1.29, 1.82) is 0 Å². The minimum Gasteiger partial charge on any atom is -0.488 e. The van der Waals surface area contributed by atoms with Gasteiger partial charge < -0.3 is 29.6 Å². The number of likely N-dealkylation sites (tertiary alicyclic amines) is 1. The number of fused-ring (bicyclic) bond motifs is 1. The molecule has 3 heterocycles. The lowest BCUT2D eigenvalue weighted by atomic mass is 10.0. The fourth-order valence-electron chi connectivity index (χ4n) is 4.73. The summed E-state index contributed by atoms with van der Waals surface area (Å²) in [5, 5.41) is 12.0. The highest BCUT2D eigenvalue weighted by atomic mass is 19.1. The monoisotopic (exact) mass is 526 g/mol. The Labute approximate surface area is 218 Å². The van der Waals surface area contributed by atoms with Crippen molar-refractivity contribution in [1.82, 2.24) is 19.8 Å². The van der Waals surface area contributed by atoms with Crippen LogP contribution in [0.3, 0.4) is 0 Å². The Hall–Kier alpha value is -3.99. The van der Waals surface area contributed by atoms with Crippen LogP contribution in [0.25, 0.3) is 10.9 Å². The van der Waals surface area contributed by atoms with Crippen molar-refractivity contribution in [2.75, 3.05) is 33.0 Å². The molecule has 3 aromatic rings. The average Bonchev–Trinajstić information content (AvgIpc) is 3.32. The van der Waals surface area contributed by atoms with Crippen LogP contribution in [0.2, 0.25) is 0 Å². The van der Waals surface area contributed by atoms with Gasteiger partial charge in [0, 0.05) is 30.4 Å². The Morgan fingerprint density at radius 3 is 2.53 bits per heavy atom. The number of H-pyrrole nitrogens is 1. The van der Waals surface area contributed by atoms with E-state index < -0.39 is 24.7 Å². The molecule has 0 unspecified atom stereocenters. The molecule has 0 aliphatic carbocycles. The van der Waals surface area contributed by atoms with Crippen LogP contribution in [-0.2, 0) is 17.8 Å². The molecule has 3 N–H and O–H groups in total. The zero-order chi connectivity index (χ0) is 27.2. The van der Waals surface area contributed by atoms with E-state index in [1.807, 2.05) is 6.92 Å². The zero-order valence-corrected chi connectivity index (χ0v) is 21.2. The number of ketones is 1. The van der Waals surface area contributed by atoms with E-state index in [-0.39, 0.29) is 47.7 Å². The van der Waals surface area contributed by atoms with Gasteiger partial charge in [0.1, 0.15) is 31.0 Å². The van der Waals surface area contributed by atoms with Crippen molar-refractivity contribution in [3.63, 3.8) is 0 Å². The number of halogens is 1. The van der Waals surface area contributed by atoms with Gasteiger partial charge in [-0.2, -0.15) is 0 Å². The minimum atomic E-state index is -0.821. The van der Waals surface area contributed by atoms with Crippen molar-refractivity contribution in [3.8, 4) is 5.75 Å². The number of carbonyl (C=O) groups excluding carboxylic acids is 3. The molecule has 0 saturated carbocycles. The number of aliphatic hydroxyl groups is 1. The van der Waals surface area contributed by atoms with Crippen molar-refractivity contribution >= 4 is 28.5 Å². The number of hydrogen-bond acceptors (Lipinski definition) is 6. The number of amides is 2. The number of aromatic nitrogens is 2. The molecule has 0 atom stereocenters. The molecule has 0 spiro atoms. The molecule has 2 amide bonds. The molecule has 0 bridgehead atoms. The summed E-state index contributed by atoms with van der Waals surface area (Å²) in [7, 11) is 0. The third-order valence-electron chi connectivity index (χ3n) is 6.73.